The van der Waals surface area contributed by atoms with Gasteiger partial charge in [-0.1, -0.05) is 97.1 Å². The van der Waals surface area contributed by atoms with E-state index in [0.29, 0.717) is 0 Å². The zero-order valence-electron chi connectivity index (χ0n) is 17.0. The normalized spacial score (nSPS) is 10.8. The number of nitrogens with zero attached hydrogens (tertiary/aromatic N) is 1. The first kappa shape index (κ1) is 18.2. The van der Waals surface area contributed by atoms with E-state index in [1.54, 1.807) is 0 Å². The Bertz CT molecular complexity index is 1290. The molecule has 5 aromatic rings. The van der Waals surface area contributed by atoms with Crippen LogP contribution >= 0.6 is 0 Å². The number of rotatable bonds is 4. The molecular weight excluding hydrogens is 362 g/mol. The molecule has 5 aromatic carbocycles. The molecule has 30 heavy (non-hydrogen) atoms. The van der Waals surface area contributed by atoms with E-state index >= 15 is 0 Å². The molecular formula is C29H23N. The molecule has 1 heteroatoms. The fraction of sp³-hybridized carbons (Fsp3) is 0.0345. The predicted octanol–water partition coefficient (Wildman–Crippen LogP) is 7.94. The number of benzene rings is 5. The number of anilines is 2. The molecule has 0 aliphatic heterocycles. The van der Waals surface area contributed by atoms with Gasteiger partial charge in [-0.25, -0.2) is 0 Å². The van der Waals surface area contributed by atoms with Crippen LogP contribution < -0.4 is 4.90 Å². The molecule has 0 saturated heterocycles. The fourth-order valence-corrected chi connectivity index (χ4v) is 4.01. The van der Waals surface area contributed by atoms with Crippen LogP contribution in [0.5, 0.6) is 0 Å². The summed E-state index contributed by atoms with van der Waals surface area (Å²) in [5.41, 5.74) is 7.30. The zero-order valence-corrected chi connectivity index (χ0v) is 17.0. The van der Waals surface area contributed by atoms with Crippen molar-refractivity contribution in [2.24, 2.45) is 0 Å². The van der Waals surface area contributed by atoms with Gasteiger partial charge in [-0.2, -0.15) is 0 Å². The third-order valence-electron chi connectivity index (χ3n) is 5.69. The van der Waals surface area contributed by atoms with Crippen molar-refractivity contribution in [1.29, 1.82) is 0 Å². The molecule has 0 amide bonds. The number of hydrogen-bond acceptors (Lipinski definition) is 1. The third-order valence-corrected chi connectivity index (χ3v) is 5.69. The van der Waals surface area contributed by atoms with E-state index in [4.69, 9.17) is 0 Å². The summed E-state index contributed by atoms with van der Waals surface area (Å²) in [7, 11) is 2.13. The van der Waals surface area contributed by atoms with Crippen molar-refractivity contribution < 1.29 is 0 Å². The third kappa shape index (κ3) is 3.46. The van der Waals surface area contributed by atoms with Crippen molar-refractivity contribution in [3.05, 3.63) is 121 Å². The van der Waals surface area contributed by atoms with Crippen LogP contribution in [-0.4, -0.2) is 7.05 Å². The minimum atomic E-state index is 1.17. The Morgan fingerprint density at radius 1 is 0.467 bits per heavy atom. The predicted molar refractivity (Wildman–Crippen MR) is 129 cm³/mol. The smallest absolute Gasteiger partial charge is 0.0487 e. The minimum Gasteiger partial charge on any atom is -0.344 e. The van der Waals surface area contributed by atoms with Gasteiger partial charge in [0.25, 0.3) is 0 Å². The van der Waals surface area contributed by atoms with Gasteiger partial charge in [-0.3, -0.25) is 0 Å². The fourth-order valence-electron chi connectivity index (χ4n) is 4.01. The molecule has 0 heterocycles. The summed E-state index contributed by atoms with van der Waals surface area (Å²) in [6, 6.07) is 43.1. The van der Waals surface area contributed by atoms with Crippen molar-refractivity contribution in [3.8, 4) is 22.3 Å². The Hall–Kier alpha value is -3.84. The van der Waals surface area contributed by atoms with Crippen LogP contribution in [0.2, 0.25) is 0 Å². The lowest BCUT2D eigenvalue weighted by molar-refractivity contribution is 1.21. The molecule has 1 nitrogen and oxygen atoms in total. The van der Waals surface area contributed by atoms with Crippen LogP contribution in [0.3, 0.4) is 0 Å². The molecule has 0 N–H and O–H groups in total. The highest BCUT2D eigenvalue weighted by Crippen LogP contribution is 2.35. The molecule has 0 aliphatic carbocycles. The van der Waals surface area contributed by atoms with Gasteiger partial charge in [-0.05, 0) is 51.7 Å². The Morgan fingerprint density at radius 2 is 1.10 bits per heavy atom. The summed E-state index contributed by atoms with van der Waals surface area (Å²) in [4.78, 5) is 2.26. The van der Waals surface area contributed by atoms with Gasteiger partial charge in [0, 0.05) is 24.0 Å². The van der Waals surface area contributed by atoms with Crippen LogP contribution in [0, 0.1) is 0 Å². The summed E-state index contributed by atoms with van der Waals surface area (Å²) < 4.78 is 0. The van der Waals surface area contributed by atoms with Gasteiger partial charge in [0.1, 0.15) is 0 Å². The highest BCUT2D eigenvalue weighted by molar-refractivity contribution is 5.88. The molecule has 5 rings (SSSR count). The van der Waals surface area contributed by atoms with Gasteiger partial charge in [0.2, 0.25) is 0 Å². The molecule has 0 aromatic heterocycles. The summed E-state index contributed by atoms with van der Waals surface area (Å²) in [6.45, 7) is 0. The van der Waals surface area contributed by atoms with E-state index in [1.807, 2.05) is 0 Å². The minimum absolute atomic E-state index is 1.17. The maximum Gasteiger partial charge on any atom is 0.0487 e. The van der Waals surface area contributed by atoms with Gasteiger partial charge in [0.15, 0.2) is 0 Å². The van der Waals surface area contributed by atoms with E-state index in [2.05, 4.69) is 133 Å². The molecule has 0 spiro atoms. The standard InChI is InChI=1S/C29H23N/c1-30(29-14-8-7-13-28(29)24-10-3-2-4-11-24)27-19-17-23(18-20-27)26-16-15-22-9-5-6-12-25(22)21-26/h2-21H,1H3. The van der Waals surface area contributed by atoms with Crippen LogP contribution in [0.4, 0.5) is 11.4 Å². The van der Waals surface area contributed by atoms with Gasteiger partial charge >= 0.3 is 0 Å². The van der Waals surface area contributed by atoms with Crippen molar-refractivity contribution in [1.82, 2.24) is 0 Å². The van der Waals surface area contributed by atoms with Gasteiger partial charge < -0.3 is 4.90 Å². The second-order valence-electron chi connectivity index (χ2n) is 7.55. The van der Waals surface area contributed by atoms with E-state index < -0.39 is 0 Å². The van der Waals surface area contributed by atoms with Crippen molar-refractivity contribution >= 4 is 22.1 Å². The largest absolute Gasteiger partial charge is 0.344 e. The lowest BCUT2D eigenvalue weighted by atomic mass is 10.0. The summed E-state index contributed by atoms with van der Waals surface area (Å²) in [5, 5.41) is 2.54. The molecule has 0 aliphatic rings. The van der Waals surface area contributed by atoms with E-state index in [0.717, 1.165) is 0 Å². The highest BCUT2D eigenvalue weighted by Gasteiger charge is 2.11. The van der Waals surface area contributed by atoms with Crippen LogP contribution in [0.15, 0.2) is 121 Å². The Labute approximate surface area is 177 Å². The average molecular weight is 386 g/mol. The van der Waals surface area contributed by atoms with E-state index in [-0.39, 0.29) is 0 Å². The van der Waals surface area contributed by atoms with Gasteiger partial charge in [0.05, 0.1) is 0 Å². The van der Waals surface area contributed by atoms with Crippen LogP contribution in [0.1, 0.15) is 0 Å². The highest BCUT2D eigenvalue weighted by atomic mass is 15.1. The SMILES string of the molecule is CN(c1ccc(-c2ccc3ccccc3c2)cc1)c1ccccc1-c1ccccc1. The van der Waals surface area contributed by atoms with Crippen LogP contribution in [-0.2, 0) is 0 Å². The Kier molecular flexibility index (Phi) is 4.78. The number of hydrogen-bond donors (Lipinski definition) is 0. The van der Waals surface area contributed by atoms with Crippen molar-refractivity contribution in [3.63, 3.8) is 0 Å². The van der Waals surface area contributed by atoms with E-state index in [9.17, 15) is 0 Å². The van der Waals surface area contributed by atoms with E-state index in [1.165, 1.54) is 44.4 Å². The monoisotopic (exact) mass is 385 g/mol. The summed E-state index contributed by atoms with van der Waals surface area (Å²) in [5.74, 6) is 0. The molecule has 0 unspecified atom stereocenters. The topological polar surface area (TPSA) is 3.24 Å². The molecule has 0 saturated carbocycles. The maximum absolute atomic E-state index is 2.26. The second-order valence-corrected chi connectivity index (χ2v) is 7.55. The Balaban J connectivity index is 1.47. The summed E-state index contributed by atoms with van der Waals surface area (Å²) in [6.07, 6.45) is 0. The lowest BCUT2D eigenvalue weighted by Crippen LogP contribution is -2.10. The van der Waals surface area contributed by atoms with Crippen molar-refractivity contribution in [2.45, 2.75) is 0 Å². The number of fused-ring (bicyclic) bond motifs is 1. The van der Waals surface area contributed by atoms with Crippen molar-refractivity contribution in [2.75, 3.05) is 11.9 Å². The first-order valence-electron chi connectivity index (χ1n) is 10.3. The quantitative estimate of drug-likeness (QED) is 0.303. The zero-order chi connectivity index (χ0) is 20.3. The molecule has 0 bridgehead atoms. The summed E-state index contributed by atoms with van der Waals surface area (Å²) >= 11 is 0. The molecule has 144 valence electrons. The maximum atomic E-state index is 2.26. The first-order chi connectivity index (χ1) is 14.8. The second kappa shape index (κ2) is 7.88. The average Bonchev–Trinajstić information content (AvgIpc) is 2.84. The number of para-hydroxylation sites is 1. The lowest BCUT2D eigenvalue weighted by Gasteiger charge is -2.23. The first-order valence-corrected chi connectivity index (χ1v) is 10.3. The van der Waals surface area contributed by atoms with Gasteiger partial charge in [-0.15, -0.1) is 0 Å². The Morgan fingerprint density at radius 3 is 1.90 bits per heavy atom. The van der Waals surface area contributed by atoms with Crippen LogP contribution in [0.25, 0.3) is 33.0 Å². The molecule has 0 fully saturated rings. The molecule has 0 radical (unpaired) electrons. The molecule has 0 atom stereocenters.